The number of hydrogen-bond donors (Lipinski definition) is 2. The highest BCUT2D eigenvalue weighted by molar-refractivity contribution is 5.67. The van der Waals surface area contributed by atoms with Crippen molar-refractivity contribution in [3.8, 4) is 0 Å². The van der Waals surface area contributed by atoms with Crippen LogP contribution in [0.5, 0.6) is 0 Å². The molecule has 18 heavy (non-hydrogen) atoms. The van der Waals surface area contributed by atoms with E-state index in [0.717, 1.165) is 19.3 Å². The van der Waals surface area contributed by atoms with Gasteiger partial charge in [0.15, 0.2) is 0 Å². The molecule has 0 spiro atoms. The Labute approximate surface area is 110 Å². The fourth-order valence-corrected chi connectivity index (χ4v) is 2.58. The summed E-state index contributed by atoms with van der Waals surface area (Å²) in [6.45, 7) is 4.76. The van der Waals surface area contributed by atoms with Crippen molar-refractivity contribution in [2.45, 2.75) is 64.4 Å². The molecular weight excluding hydrogens is 230 g/mol. The number of nitrogens with one attached hydrogen (secondary N) is 1. The first-order chi connectivity index (χ1) is 8.56. The maximum atomic E-state index is 11.7. The van der Waals surface area contributed by atoms with E-state index in [0.29, 0.717) is 18.9 Å². The number of aliphatic hydroxyl groups is 1. The zero-order chi connectivity index (χ0) is 13.4. The predicted molar refractivity (Wildman–Crippen MR) is 71.5 cm³/mol. The molecule has 0 aromatic heterocycles. The highest BCUT2D eigenvalue weighted by Crippen LogP contribution is 2.34. The minimum atomic E-state index is -0.374. The average Bonchev–Trinajstić information content (AvgIpc) is 2.35. The summed E-state index contributed by atoms with van der Waals surface area (Å²) in [6.07, 6.45) is 7.28. The number of alkyl carbamates (subject to hydrolysis) is 1. The third-order valence-corrected chi connectivity index (χ3v) is 3.80. The topological polar surface area (TPSA) is 58.6 Å². The molecule has 1 fully saturated rings. The largest absolute Gasteiger partial charge is 0.443 e. The molecule has 2 N–H and O–H groups in total. The predicted octanol–water partition coefficient (Wildman–Crippen LogP) is 2.84. The van der Waals surface area contributed by atoms with E-state index in [1.807, 2.05) is 13.8 Å². The van der Waals surface area contributed by atoms with Crippen molar-refractivity contribution in [2.24, 2.45) is 5.92 Å². The van der Waals surface area contributed by atoms with E-state index in [1.54, 1.807) is 0 Å². The van der Waals surface area contributed by atoms with Gasteiger partial charge in [-0.1, -0.05) is 19.3 Å². The Morgan fingerprint density at radius 1 is 1.28 bits per heavy atom. The van der Waals surface area contributed by atoms with Gasteiger partial charge < -0.3 is 15.2 Å². The van der Waals surface area contributed by atoms with Crippen molar-refractivity contribution < 1.29 is 14.6 Å². The molecular formula is C14H27NO3. The smallest absolute Gasteiger partial charge is 0.407 e. The molecule has 0 aromatic rings. The van der Waals surface area contributed by atoms with Crippen LogP contribution in [0.15, 0.2) is 0 Å². The Bertz CT molecular complexity index is 247. The first-order valence-corrected chi connectivity index (χ1v) is 7.14. The van der Waals surface area contributed by atoms with E-state index in [-0.39, 0.29) is 18.3 Å². The molecule has 0 atom stereocenters. The third-order valence-electron chi connectivity index (χ3n) is 3.80. The Hall–Kier alpha value is -0.770. The molecule has 0 aromatic carbocycles. The number of amides is 1. The number of carbonyl (C=O) groups excluding carboxylic acids is 1. The molecule has 4 nitrogen and oxygen atoms in total. The lowest BCUT2D eigenvalue weighted by molar-refractivity contribution is -0.0184. The zero-order valence-electron chi connectivity index (χ0n) is 11.7. The number of carbonyl (C=O) groups is 1. The van der Waals surface area contributed by atoms with Crippen LogP contribution in [-0.2, 0) is 4.74 Å². The van der Waals surface area contributed by atoms with Gasteiger partial charge in [-0.25, -0.2) is 4.79 Å². The summed E-state index contributed by atoms with van der Waals surface area (Å²) < 4.78 is 5.54. The van der Waals surface area contributed by atoms with Crippen molar-refractivity contribution in [3.63, 3.8) is 0 Å². The summed E-state index contributed by atoms with van der Waals surface area (Å²) in [5.41, 5.74) is -0.374. The van der Waals surface area contributed by atoms with Crippen molar-refractivity contribution in [2.75, 3.05) is 13.2 Å². The zero-order valence-corrected chi connectivity index (χ0v) is 11.7. The molecule has 0 unspecified atom stereocenters. The van der Waals surface area contributed by atoms with Crippen LogP contribution in [-0.4, -0.2) is 30.0 Å². The highest BCUT2D eigenvalue weighted by atomic mass is 16.6. The van der Waals surface area contributed by atoms with Gasteiger partial charge in [0.2, 0.25) is 0 Å². The molecule has 4 heteroatoms. The standard InChI is InChI=1S/C14H27NO3/c1-14(2,12-8-4-3-5-9-12)18-13(17)15-10-6-7-11-16/h12,16H,3-11H2,1-2H3,(H,15,17). The van der Waals surface area contributed by atoms with E-state index in [4.69, 9.17) is 9.84 Å². The van der Waals surface area contributed by atoms with Crippen LogP contribution in [0.1, 0.15) is 58.8 Å². The fraction of sp³-hybridized carbons (Fsp3) is 0.929. The highest BCUT2D eigenvalue weighted by Gasteiger charge is 2.33. The average molecular weight is 257 g/mol. The molecule has 0 bridgehead atoms. The number of unbranched alkanes of at least 4 members (excludes halogenated alkanes) is 1. The van der Waals surface area contributed by atoms with Gasteiger partial charge in [-0.15, -0.1) is 0 Å². The van der Waals surface area contributed by atoms with Crippen molar-refractivity contribution in [1.82, 2.24) is 5.32 Å². The van der Waals surface area contributed by atoms with Gasteiger partial charge in [-0.05, 0) is 45.4 Å². The van der Waals surface area contributed by atoms with Crippen LogP contribution < -0.4 is 5.32 Å². The Balaban J connectivity index is 2.27. The maximum absolute atomic E-state index is 11.7. The lowest BCUT2D eigenvalue weighted by Crippen LogP contribution is -2.41. The van der Waals surface area contributed by atoms with Crippen LogP contribution in [0.25, 0.3) is 0 Å². The van der Waals surface area contributed by atoms with Gasteiger partial charge in [-0.3, -0.25) is 0 Å². The molecule has 106 valence electrons. The molecule has 0 heterocycles. The van der Waals surface area contributed by atoms with Gasteiger partial charge in [0.25, 0.3) is 0 Å². The second-order valence-electron chi connectivity index (χ2n) is 5.69. The molecule has 0 radical (unpaired) electrons. The number of hydrogen-bond acceptors (Lipinski definition) is 3. The van der Waals surface area contributed by atoms with Crippen LogP contribution >= 0.6 is 0 Å². The van der Waals surface area contributed by atoms with Gasteiger partial charge >= 0.3 is 6.09 Å². The first-order valence-electron chi connectivity index (χ1n) is 7.14. The fourth-order valence-electron chi connectivity index (χ4n) is 2.58. The van der Waals surface area contributed by atoms with Crippen molar-refractivity contribution in [1.29, 1.82) is 0 Å². The normalized spacial score (nSPS) is 17.5. The lowest BCUT2D eigenvalue weighted by Gasteiger charge is -2.36. The van der Waals surface area contributed by atoms with Crippen molar-refractivity contribution >= 4 is 6.09 Å². The van der Waals surface area contributed by atoms with Crippen LogP contribution in [0.3, 0.4) is 0 Å². The van der Waals surface area contributed by atoms with E-state index in [9.17, 15) is 4.79 Å². The minimum absolute atomic E-state index is 0.171. The Kier molecular flexibility index (Phi) is 6.47. The van der Waals surface area contributed by atoms with Gasteiger partial charge in [0.1, 0.15) is 5.60 Å². The quantitative estimate of drug-likeness (QED) is 0.719. The molecule has 1 rings (SSSR count). The molecule has 1 aliphatic carbocycles. The van der Waals surface area contributed by atoms with E-state index in [2.05, 4.69) is 5.32 Å². The second kappa shape index (κ2) is 7.62. The van der Waals surface area contributed by atoms with Gasteiger partial charge in [0.05, 0.1) is 0 Å². The monoisotopic (exact) mass is 257 g/mol. The summed E-state index contributed by atoms with van der Waals surface area (Å²) in [5, 5.41) is 11.4. The van der Waals surface area contributed by atoms with Crippen LogP contribution in [0.4, 0.5) is 4.79 Å². The van der Waals surface area contributed by atoms with Crippen LogP contribution in [0.2, 0.25) is 0 Å². The van der Waals surface area contributed by atoms with Gasteiger partial charge in [-0.2, -0.15) is 0 Å². The lowest BCUT2D eigenvalue weighted by atomic mass is 9.79. The Morgan fingerprint density at radius 2 is 1.94 bits per heavy atom. The van der Waals surface area contributed by atoms with Crippen LogP contribution in [0, 0.1) is 5.92 Å². The van der Waals surface area contributed by atoms with E-state index >= 15 is 0 Å². The summed E-state index contributed by atoms with van der Waals surface area (Å²) in [7, 11) is 0. The number of ether oxygens (including phenoxy) is 1. The maximum Gasteiger partial charge on any atom is 0.407 e. The number of aliphatic hydroxyl groups excluding tert-OH is 1. The molecule has 0 aliphatic heterocycles. The number of rotatable bonds is 6. The summed E-state index contributed by atoms with van der Waals surface area (Å²) >= 11 is 0. The summed E-state index contributed by atoms with van der Waals surface area (Å²) in [4.78, 5) is 11.7. The first kappa shape index (κ1) is 15.3. The second-order valence-corrected chi connectivity index (χ2v) is 5.69. The molecule has 1 saturated carbocycles. The van der Waals surface area contributed by atoms with Gasteiger partial charge in [0, 0.05) is 13.2 Å². The molecule has 0 saturated heterocycles. The SMILES string of the molecule is CC(C)(OC(=O)NCCCCO)C1CCCCC1. The minimum Gasteiger partial charge on any atom is -0.443 e. The summed E-state index contributed by atoms with van der Waals surface area (Å²) in [6, 6.07) is 0. The molecule has 1 amide bonds. The van der Waals surface area contributed by atoms with E-state index in [1.165, 1.54) is 19.3 Å². The third kappa shape index (κ3) is 5.25. The summed E-state index contributed by atoms with van der Waals surface area (Å²) in [5.74, 6) is 0.481. The van der Waals surface area contributed by atoms with Crippen molar-refractivity contribution in [3.05, 3.63) is 0 Å². The van der Waals surface area contributed by atoms with E-state index < -0.39 is 0 Å². The Morgan fingerprint density at radius 3 is 2.56 bits per heavy atom. The molecule has 1 aliphatic rings.